The molecule has 6 heteroatoms. The number of hydrogen-bond acceptors (Lipinski definition) is 6. The number of nitriles is 1. The number of benzene rings is 4. The number of nitrogens with zero attached hydrogens (tertiary/aromatic N) is 2. The number of nitrogens with one attached hydrogen (secondary N) is 4. The highest BCUT2D eigenvalue weighted by atomic mass is 15.6. The number of guanidine groups is 1. The fourth-order valence-electron chi connectivity index (χ4n) is 5.81. The summed E-state index contributed by atoms with van der Waals surface area (Å²) in [5, 5.41) is 10.4. The van der Waals surface area contributed by atoms with Crippen molar-refractivity contribution >= 4 is 5.96 Å². The van der Waals surface area contributed by atoms with E-state index in [0.717, 1.165) is 22.3 Å². The highest BCUT2D eigenvalue weighted by Crippen LogP contribution is 2.48. The molecule has 1 spiro atoms. The van der Waals surface area contributed by atoms with Gasteiger partial charge in [-0.3, -0.25) is 10.9 Å². The Morgan fingerprint density at radius 3 is 1.60 bits per heavy atom. The van der Waals surface area contributed by atoms with Crippen molar-refractivity contribution in [2.24, 2.45) is 4.99 Å². The Hall–Kier alpha value is -4.44. The summed E-state index contributed by atoms with van der Waals surface area (Å²) in [7, 11) is 0. The van der Waals surface area contributed by atoms with E-state index in [9.17, 15) is 5.26 Å². The number of hydrogen-bond donors (Lipinski definition) is 4. The molecule has 7 rings (SSSR count). The van der Waals surface area contributed by atoms with Crippen LogP contribution in [-0.2, 0) is 11.1 Å². The molecule has 4 aromatic carbocycles. The van der Waals surface area contributed by atoms with Gasteiger partial charge in [0.25, 0.3) is 0 Å². The van der Waals surface area contributed by atoms with E-state index in [4.69, 9.17) is 4.99 Å². The van der Waals surface area contributed by atoms with Gasteiger partial charge in [-0.25, -0.2) is 15.8 Å². The van der Waals surface area contributed by atoms with Crippen LogP contribution in [0.4, 0.5) is 0 Å². The first-order valence-electron chi connectivity index (χ1n) is 11.7. The average molecular weight is 455 g/mol. The van der Waals surface area contributed by atoms with Gasteiger partial charge < -0.3 is 0 Å². The monoisotopic (exact) mass is 454 g/mol. The van der Waals surface area contributed by atoms with Crippen molar-refractivity contribution in [1.29, 1.82) is 5.26 Å². The van der Waals surface area contributed by atoms with E-state index in [1.807, 2.05) is 36.4 Å². The summed E-state index contributed by atoms with van der Waals surface area (Å²) >= 11 is 0. The lowest BCUT2D eigenvalue weighted by Gasteiger charge is -2.37. The van der Waals surface area contributed by atoms with Crippen molar-refractivity contribution in [2.45, 2.75) is 11.1 Å². The maximum Gasteiger partial charge on any atom is 0.220 e. The molecule has 1 heterocycles. The van der Waals surface area contributed by atoms with Crippen molar-refractivity contribution in [2.75, 3.05) is 6.54 Å². The van der Waals surface area contributed by atoms with Gasteiger partial charge in [0.15, 0.2) is 5.54 Å². The van der Waals surface area contributed by atoms with Gasteiger partial charge in [0.2, 0.25) is 5.96 Å². The van der Waals surface area contributed by atoms with Crippen molar-refractivity contribution in [1.82, 2.24) is 21.7 Å². The molecule has 4 N–H and O–H groups in total. The van der Waals surface area contributed by atoms with Crippen LogP contribution >= 0.6 is 0 Å². The third-order valence-corrected chi connectivity index (χ3v) is 7.42. The quantitative estimate of drug-likeness (QED) is 0.345. The average Bonchev–Trinajstić information content (AvgIpc) is 3.37. The highest BCUT2D eigenvalue weighted by Gasteiger charge is 2.46. The van der Waals surface area contributed by atoms with E-state index in [1.54, 1.807) is 0 Å². The minimum atomic E-state index is -1.03. The third kappa shape index (κ3) is 2.62. The van der Waals surface area contributed by atoms with E-state index in [0.29, 0.717) is 12.5 Å². The SMILES string of the molecule is N#CC1(NNC2=NCC3(NN2)c2ccccc2-c2ccccc23)c2ccccc2-c2ccccc21. The molecular weight excluding hydrogens is 432 g/mol. The Morgan fingerprint density at radius 1 is 0.686 bits per heavy atom. The molecule has 0 atom stereocenters. The number of hydrazine groups is 2. The van der Waals surface area contributed by atoms with Crippen LogP contribution in [0.25, 0.3) is 22.3 Å². The molecule has 0 unspecified atom stereocenters. The van der Waals surface area contributed by atoms with E-state index in [1.165, 1.54) is 22.3 Å². The standard InChI is InChI=1S/C29H22N6/c30-17-28(23-13-5-1-9-19(23)20-10-2-6-14-24(20)28)34-32-27-31-18-29(35-33-27)25-15-7-3-11-21(25)22-12-4-8-16-26(22)29/h1-16,34-35H,18H2,(H2,31,32,33). The summed E-state index contributed by atoms with van der Waals surface area (Å²) in [5.41, 5.74) is 20.7. The van der Waals surface area contributed by atoms with E-state index < -0.39 is 11.1 Å². The fraction of sp³-hybridized carbons (Fsp3) is 0.103. The predicted molar refractivity (Wildman–Crippen MR) is 136 cm³/mol. The maximum absolute atomic E-state index is 10.4. The second-order valence-electron chi connectivity index (χ2n) is 9.11. The van der Waals surface area contributed by atoms with Gasteiger partial charge in [0, 0.05) is 11.1 Å². The van der Waals surface area contributed by atoms with Gasteiger partial charge in [-0.2, -0.15) is 5.26 Å². The summed E-state index contributed by atoms with van der Waals surface area (Å²) in [6, 6.07) is 35.5. The second kappa shape index (κ2) is 7.28. The Kier molecular flexibility index (Phi) is 4.15. The van der Waals surface area contributed by atoms with Crippen LogP contribution in [0.3, 0.4) is 0 Å². The highest BCUT2D eigenvalue weighted by molar-refractivity contribution is 5.86. The van der Waals surface area contributed by atoms with Crippen LogP contribution in [0.15, 0.2) is 102 Å². The Balaban J connectivity index is 1.22. The molecule has 2 aliphatic carbocycles. The first-order valence-corrected chi connectivity index (χ1v) is 11.7. The molecule has 168 valence electrons. The molecule has 4 aromatic rings. The Bertz CT molecular complexity index is 1470. The van der Waals surface area contributed by atoms with Crippen LogP contribution in [0.5, 0.6) is 0 Å². The largest absolute Gasteiger partial charge is 0.290 e. The summed E-state index contributed by atoms with van der Waals surface area (Å²) < 4.78 is 0. The maximum atomic E-state index is 10.4. The topological polar surface area (TPSA) is 84.3 Å². The Morgan fingerprint density at radius 2 is 1.14 bits per heavy atom. The van der Waals surface area contributed by atoms with Gasteiger partial charge in [-0.15, -0.1) is 0 Å². The van der Waals surface area contributed by atoms with E-state index in [2.05, 4.69) is 88.4 Å². The van der Waals surface area contributed by atoms with Gasteiger partial charge in [-0.05, 0) is 33.4 Å². The summed E-state index contributed by atoms with van der Waals surface area (Å²) in [6.07, 6.45) is 0. The molecule has 35 heavy (non-hydrogen) atoms. The van der Waals surface area contributed by atoms with Crippen molar-refractivity contribution < 1.29 is 0 Å². The smallest absolute Gasteiger partial charge is 0.220 e. The molecular formula is C29H22N6. The second-order valence-corrected chi connectivity index (χ2v) is 9.11. The van der Waals surface area contributed by atoms with Gasteiger partial charge in [-0.1, -0.05) is 97.1 Å². The first kappa shape index (κ1) is 20.0. The van der Waals surface area contributed by atoms with Gasteiger partial charge >= 0.3 is 0 Å². The fourth-order valence-corrected chi connectivity index (χ4v) is 5.81. The number of rotatable bonds is 2. The minimum absolute atomic E-state index is 0.447. The number of fused-ring (bicyclic) bond motifs is 8. The van der Waals surface area contributed by atoms with Crippen molar-refractivity contribution in [3.8, 4) is 28.3 Å². The van der Waals surface area contributed by atoms with E-state index in [-0.39, 0.29) is 0 Å². The van der Waals surface area contributed by atoms with Crippen LogP contribution in [-0.4, -0.2) is 12.5 Å². The van der Waals surface area contributed by atoms with Crippen molar-refractivity contribution in [3.05, 3.63) is 119 Å². The molecule has 3 aliphatic rings. The zero-order valence-electron chi connectivity index (χ0n) is 18.8. The lowest BCUT2D eigenvalue weighted by atomic mass is 9.88. The molecule has 0 amide bonds. The molecule has 0 bridgehead atoms. The Labute approximate surface area is 203 Å². The molecule has 0 fully saturated rings. The molecule has 6 nitrogen and oxygen atoms in total. The molecule has 0 saturated carbocycles. The van der Waals surface area contributed by atoms with E-state index >= 15 is 0 Å². The molecule has 0 saturated heterocycles. The summed E-state index contributed by atoms with van der Waals surface area (Å²) in [5.74, 6) is 0.536. The molecule has 0 radical (unpaired) electrons. The summed E-state index contributed by atoms with van der Waals surface area (Å²) in [6.45, 7) is 0.519. The van der Waals surface area contributed by atoms with Crippen LogP contribution < -0.4 is 21.7 Å². The van der Waals surface area contributed by atoms with Crippen LogP contribution in [0, 0.1) is 11.3 Å². The van der Waals surface area contributed by atoms with Crippen molar-refractivity contribution in [3.63, 3.8) is 0 Å². The lowest BCUT2D eigenvalue weighted by Crippen LogP contribution is -2.64. The molecule has 1 aliphatic heterocycles. The number of aliphatic imine (C=N–C) groups is 1. The zero-order valence-corrected chi connectivity index (χ0v) is 18.8. The summed E-state index contributed by atoms with van der Waals surface area (Å²) in [4.78, 5) is 4.86. The zero-order chi connectivity index (χ0) is 23.5. The predicted octanol–water partition coefficient (Wildman–Crippen LogP) is 3.92. The van der Waals surface area contributed by atoms with Gasteiger partial charge in [0.1, 0.15) is 5.54 Å². The molecule has 0 aromatic heterocycles. The van der Waals surface area contributed by atoms with Crippen LogP contribution in [0.2, 0.25) is 0 Å². The normalized spacial score (nSPS) is 17.3. The lowest BCUT2D eigenvalue weighted by molar-refractivity contribution is 0.363. The van der Waals surface area contributed by atoms with Gasteiger partial charge in [0.05, 0.1) is 12.6 Å². The minimum Gasteiger partial charge on any atom is -0.290 e. The third-order valence-electron chi connectivity index (χ3n) is 7.42. The van der Waals surface area contributed by atoms with Crippen LogP contribution in [0.1, 0.15) is 22.3 Å². The first-order chi connectivity index (χ1) is 17.3.